The van der Waals surface area contributed by atoms with Gasteiger partial charge in [-0.3, -0.25) is 24.4 Å². The van der Waals surface area contributed by atoms with E-state index in [1.54, 1.807) is 61.1 Å². The minimum atomic E-state index is -0.648. The molecule has 5 rings (SSSR count). The summed E-state index contributed by atoms with van der Waals surface area (Å²) in [4.78, 5) is 44.5. The number of nitrogens with two attached hydrogens (primary N) is 1. The maximum absolute atomic E-state index is 12.2. The molecule has 0 aliphatic heterocycles. The molecule has 0 bridgehead atoms. The van der Waals surface area contributed by atoms with Crippen molar-refractivity contribution in [2.75, 3.05) is 17.7 Å². The first-order valence-corrected chi connectivity index (χ1v) is 11.7. The lowest BCUT2D eigenvalue weighted by Gasteiger charge is -2.16. The van der Waals surface area contributed by atoms with E-state index >= 15 is 0 Å². The van der Waals surface area contributed by atoms with Crippen molar-refractivity contribution in [2.45, 2.75) is 6.54 Å². The van der Waals surface area contributed by atoms with Crippen LogP contribution in [0.4, 0.5) is 17.1 Å². The molecule has 2 heterocycles. The van der Waals surface area contributed by atoms with Gasteiger partial charge in [0, 0.05) is 42.7 Å². The second kappa shape index (κ2) is 10.2. The molecule has 0 fully saturated rings. The molecule has 11 heteroatoms. The summed E-state index contributed by atoms with van der Waals surface area (Å²) in [6, 6.07) is 13.3. The van der Waals surface area contributed by atoms with Gasteiger partial charge in [-0.1, -0.05) is 17.7 Å². The first-order valence-electron chi connectivity index (χ1n) is 11.3. The van der Waals surface area contributed by atoms with Crippen LogP contribution < -0.4 is 36.7 Å². The largest absolute Gasteiger partial charge is 0.496 e. The van der Waals surface area contributed by atoms with Crippen molar-refractivity contribution in [2.24, 2.45) is 5.73 Å². The van der Waals surface area contributed by atoms with Crippen LogP contribution in [0, 0.1) is 0 Å². The number of nitrogens with one attached hydrogen (secondary N) is 2. The Morgan fingerprint density at radius 3 is 2.55 bits per heavy atom. The maximum Gasteiger partial charge on any atom is 0.253 e. The summed E-state index contributed by atoms with van der Waals surface area (Å²) >= 11 is 6.47. The zero-order valence-corrected chi connectivity index (χ0v) is 20.7. The van der Waals surface area contributed by atoms with Crippen molar-refractivity contribution in [3.05, 3.63) is 104 Å². The highest BCUT2D eigenvalue weighted by Crippen LogP contribution is 2.36. The molecule has 0 radical (unpaired) electrons. The number of methoxy groups -OCH3 is 1. The van der Waals surface area contributed by atoms with Crippen LogP contribution in [-0.4, -0.2) is 23.0 Å². The standard InChI is InChI=1S/C27H20ClN5O5/c1-37-22-11-20-16(10-17(22)27(29)36)21(6-8-31-20)38-15-4-5-19(18(28)9-15)33-24-23(25(34)26(24)35)32-13-14-3-2-7-30-12-14/h2-12,32-33H,13H2,1H3,(H2,29,36). The van der Waals surface area contributed by atoms with Crippen molar-refractivity contribution in [3.8, 4) is 17.2 Å². The Hall–Kier alpha value is -4.96. The Morgan fingerprint density at radius 1 is 1.03 bits per heavy atom. The number of hydrogen-bond donors (Lipinski definition) is 3. The van der Waals surface area contributed by atoms with Crippen LogP contribution in [0.25, 0.3) is 10.9 Å². The number of hydrogen-bond acceptors (Lipinski definition) is 9. The number of nitrogens with zero attached hydrogens (tertiary/aromatic N) is 2. The highest BCUT2D eigenvalue weighted by atomic mass is 35.5. The monoisotopic (exact) mass is 529 g/mol. The Bertz CT molecular complexity index is 1750. The van der Waals surface area contributed by atoms with Gasteiger partial charge in [-0.15, -0.1) is 0 Å². The molecule has 5 aromatic rings. The second-order valence-corrected chi connectivity index (χ2v) is 8.64. The number of ether oxygens (including phenoxy) is 2. The van der Waals surface area contributed by atoms with Crippen LogP contribution in [0.1, 0.15) is 15.9 Å². The average Bonchev–Trinajstić information content (AvgIpc) is 2.93. The smallest absolute Gasteiger partial charge is 0.253 e. The van der Waals surface area contributed by atoms with E-state index in [2.05, 4.69) is 20.6 Å². The van der Waals surface area contributed by atoms with Crippen molar-refractivity contribution in [1.82, 2.24) is 9.97 Å². The minimum Gasteiger partial charge on any atom is -0.496 e. The van der Waals surface area contributed by atoms with Crippen LogP contribution in [0.15, 0.2) is 76.7 Å². The van der Waals surface area contributed by atoms with Crippen molar-refractivity contribution in [3.63, 3.8) is 0 Å². The fourth-order valence-electron chi connectivity index (χ4n) is 3.89. The molecule has 0 atom stereocenters. The third-order valence-corrected chi connectivity index (χ3v) is 6.13. The van der Waals surface area contributed by atoms with Crippen LogP contribution in [0.3, 0.4) is 0 Å². The summed E-state index contributed by atoms with van der Waals surface area (Å²) in [6.45, 7) is 0.330. The van der Waals surface area contributed by atoms with Gasteiger partial charge in [0.25, 0.3) is 16.8 Å². The predicted molar refractivity (Wildman–Crippen MR) is 145 cm³/mol. The number of primary amides is 1. The number of amides is 1. The van der Waals surface area contributed by atoms with E-state index in [9.17, 15) is 14.4 Å². The van der Waals surface area contributed by atoms with E-state index in [0.717, 1.165) is 5.56 Å². The normalized spacial score (nSPS) is 10.9. The van der Waals surface area contributed by atoms with Gasteiger partial charge in [-0.2, -0.15) is 0 Å². The quantitative estimate of drug-likeness (QED) is 0.240. The van der Waals surface area contributed by atoms with E-state index in [1.165, 1.54) is 7.11 Å². The molecule has 0 unspecified atom stereocenters. The molecule has 2 aromatic heterocycles. The number of anilines is 3. The SMILES string of the molecule is COc1cc2nccc(Oc3ccc(Nc4c(NCc5cccnc5)c(=O)c4=O)c(Cl)c3)c2cc1C(N)=O. The molecule has 0 saturated heterocycles. The number of fused-ring (bicyclic) bond motifs is 1. The summed E-state index contributed by atoms with van der Waals surface area (Å²) in [5.74, 6) is 0.469. The lowest BCUT2D eigenvalue weighted by atomic mass is 10.1. The molecule has 0 aliphatic rings. The Morgan fingerprint density at radius 2 is 1.84 bits per heavy atom. The molecule has 4 N–H and O–H groups in total. The molecular weight excluding hydrogens is 510 g/mol. The summed E-state index contributed by atoms with van der Waals surface area (Å²) in [7, 11) is 1.44. The molecule has 0 saturated carbocycles. The Balaban J connectivity index is 1.37. The van der Waals surface area contributed by atoms with E-state index in [-0.39, 0.29) is 22.0 Å². The summed E-state index contributed by atoms with van der Waals surface area (Å²) in [6.07, 6.45) is 4.87. The zero-order valence-electron chi connectivity index (χ0n) is 19.9. The van der Waals surface area contributed by atoms with Gasteiger partial charge in [-0.25, -0.2) is 0 Å². The molecular formula is C27H20ClN5O5. The number of pyridine rings is 2. The third kappa shape index (κ3) is 4.72. The fraction of sp³-hybridized carbons (Fsp3) is 0.0741. The lowest BCUT2D eigenvalue weighted by Crippen LogP contribution is -2.36. The first kappa shape index (κ1) is 24.7. The van der Waals surface area contributed by atoms with Crippen LogP contribution in [-0.2, 0) is 6.54 Å². The van der Waals surface area contributed by atoms with E-state index < -0.39 is 16.8 Å². The Kier molecular flexibility index (Phi) is 6.63. The highest BCUT2D eigenvalue weighted by molar-refractivity contribution is 6.33. The maximum atomic E-state index is 12.2. The summed E-state index contributed by atoms with van der Waals surface area (Å²) in [5, 5.41) is 6.72. The summed E-state index contributed by atoms with van der Waals surface area (Å²) in [5.41, 5.74) is 6.56. The van der Waals surface area contributed by atoms with Gasteiger partial charge in [-0.05, 0) is 35.9 Å². The number of carbonyl (C=O) groups excluding carboxylic acids is 1. The topological polar surface area (TPSA) is 146 Å². The predicted octanol–water partition coefficient (Wildman–Crippen LogP) is 4.13. The average molecular weight is 530 g/mol. The van der Waals surface area contributed by atoms with Crippen molar-refractivity contribution < 1.29 is 14.3 Å². The molecule has 3 aromatic carbocycles. The van der Waals surface area contributed by atoms with Crippen LogP contribution in [0.2, 0.25) is 5.02 Å². The van der Waals surface area contributed by atoms with Gasteiger partial charge in [0.1, 0.15) is 28.6 Å². The number of carbonyl (C=O) groups is 1. The number of benzene rings is 2. The van der Waals surface area contributed by atoms with Crippen LogP contribution >= 0.6 is 11.6 Å². The first-order chi connectivity index (χ1) is 18.4. The minimum absolute atomic E-state index is 0.127. The number of rotatable bonds is 9. The van der Waals surface area contributed by atoms with Crippen LogP contribution in [0.5, 0.6) is 17.2 Å². The molecule has 1 amide bonds. The van der Waals surface area contributed by atoms with Gasteiger partial charge in [0.2, 0.25) is 0 Å². The van der Waals surface area contributed by atoms with Gasteiger partial charge >= 0.3 is 0 Å². The van der Waals surface area contributed by atoms with Gasteiger partial charge < -0.3 is 25.8 Å². The molecule has 0 aliphatic carbocycles. The molecule has 0 spiro atoms. The van der Waals surface area contributed by atoms with E-state index in [1.807, 2.05) is 6.07 Å². The van der Waals surface area contributed by atoms with E-state index in [0.29, 0.717) is 40.4 Å². The second-order valence-electron chi connectivity index (χ2n) is 8.23. The molecule has 10 nitrogen and oxygen atoms in total. The van der Waals surface area contributed by atoms with E-state index in [4.69, 9.17) is 26.8 Å². The third-order valence-electron chi connectivity index (χ3n) is 5.82. The summed E-state index contributed by atoms with van der Waals surface area (Å²) < 4.78 is 11.3. The Labute approximate surface area is 220 Å². The van der Waals surface area contributed by atoms with Crippen molar-refractivity contribution in [1.29, 1.82) is 0 Å². The zero-order chi connectivity index (χ0) is 26.8. The fourth-order valence-corrected chi connectivity index (χ4v) is 4.11. The lowest BCUT2D eigenvalue weighted by molar-refractivity contribution is 0.0997. The highest BCUT2D eigenvalue weighted by Gasteiger charge is 2.22. The molecule has 38 heavy (non-hydrogen) atoms. The number of aromatic nitrogens is 2. The number of halogens is 1. The van der Waals surface area contributed by atoms with Gasteiger partial charge in [0.05, 0.1) is 28.9 Å². The van der Waals surface area contributed by atoms with Crippen molar-refractivity contribution >= 4 is 45.5 Å². The van der Waals surface area contributed by atoms with Gasteiger partial charge in [0.15, 0.2) is 0 Å². The molecule has 190 valence electrons.